The summed E-state index contributed by atoms with van der Waals surface area (Å²) in [5, 5.41) is 5.57. The summed E-state index contributed by atoms with van der Waals surface area (Å²) in [5.74, 6) is 1.50. The molecule has 1 aliphatic heterocycles. The minimum atomic E-state index is 0.611. The number of anilines is 3. The SMILES string of the molecule is C=Cc1c(/C=C\C)nc(-n2c3ccccc3c3cc(-c4ccc5c(c4)-c4nccc6c4c(nc4ccccc46)N5c4ccccc4)ccc32)nc1-c1ccccc1. The average molecular weight is 731 g/mol. The zero-order valence-corrected chi connectivity index (χ0v) is 31.1. The maximum Gasteiger partial charge on any atom is 0.235 e. The molecule has 0 radical (unpaired) electrons. The molecule has 11 rings (SSSR count). The van der Waals surface area contributed by atoms with Gasteiger partial charge in [-0.25, -0.2) is 15.0 Å². The molecule has 6 heteroatoms. The van der Waals surface area contributed by atoms with Crippen LogP contribution >= 0.6 is 0 Å². The van der Waals surface area contributed by atoms with Crippen LogP contribution in [-0.4, -0.2) is 24.5 Å². The molecule has 0 spiro atoms. The molecular formula is C51H34N6. The van der Waals surface area contributed by atoms with Gasteiger partial charge in [-0.05, 0) is 84.1 Å². The van der Waals surface area contributed by atoms with Crippen molar-refractivity contribution in [3.63, 3.8) is 0 Å². The maximum atomic E-state index is 5.27. The molecule has 0 saturated carbocycles. The summed E-state index contributed by atoms with van der Waals surface area (Å²) in [7, 11) is 0. The summed E-state index contributed by atoms with van der Waals surface area (Å²) in [5.41, 5.74) is 12.9. The van der Waals surface area contributed by atoms with Crippen molar-refractivity contribution in [3.8, 4) is 39.6 Å². The zero-order valence-electron chi connectivity index (χ0n) is 31.1. The van der Waals surface area contributed by atoms with E-state index in [1.54, 1.807) is 0 Å². The Kier molecular flexibility index (Phi) is 7.44. The number of rotatable bonds is 6. The summed E-state index contributed by atoms with van der Waals surface area (Å²) >= 11 is 0. The van der Waals surface area contributed by atoms with Crippen molar-refractivity contribution < 1.29 is 0 Å². The highest BCUT2D eigenvalue weighted by atomic mass is 15.2. The Bertz CT molecular complexity index is 3270. The van der Waals surface area contributed by atoms with Crippen LogP contribution in [0.5, 0.6) is 0 Å². The van der Waals surface area contributed by atoms with Gasteiger partial charge in [0, 0.05) is 44.7 Å². The predicted octanol–water partition coefficient (Wildman–Crippen LogP) is 13.1. The Morgan fingerprint density at radius 1 is 0.579 bits per heavy atom. The van der Waals surface area contributed by atoms with Gasteiger partial charge in [-0.15, -0.1) is 0 Å². The fraction of sp³-hybridized carbons (Fsp3) is 0.0196. The van der Waals surface area contributed by atoms with Crippen molar-refractivity contribution in [1.29, 1.82) is 0 Å². The minimum absolute atomic E-state index is 0.611. The largest absolute Gasteiger partial charge is 0.294 e. The second-order valence-electron chi connectivity index (χ2n) is 14.3. The van der Waals surface area contributed by atoms with Crippen LogP contribution in [0.2, 0.25) is 0 Å². The molecule has 6 nitrogen and oxygen atoms in total. The monoisotopic (exact) mass is 730 g/mol. The van der Waals surface area contributed by atoms with Crippen molar-refractivity contribution in [3.05, 3.63) is 182 Å². The Morgan fingerprint density at radius 3 is 2.12 bits per heavy atom. The first-order valence-corrected chi connectivity index (χ1v) is 19.1. The van der Waals surface area contributed by atoms with E-state index in [9.17, 15) is 0 Å². The summed E-state index contributed by atoms with van der Waals surface area (Å²) < 4.78 is 2.18. The molecule has 6 aromatic carbocycles. The Morgan fingerprint density at radius 2 is 1.30 bits per heavy atom. The van der Waals surface area contributed by atoms with Crippen molar-refractivity contribution in [2.45, 2.75) is 6.92 Å². The molecule has 0 aliphatic carbocycles. The van der Waals surface area contributed by atoms with E-state index >= 15 is 0 Å². The topological polar surface area (TPSA) is 59.7 Å². The first-order chi connectivity index (χ1) is 28.2. The molecule has 0 fully saturated rings. The third kappa shape index (κ3) is 5.04. The number of allylic oxidation sites excluding steroid dienone is 1. The lowest BCUT2D eigenvalue weighted by atomic mass is 9.92. The predicted molar refractivity (Wildman–Crippen MR) is 236 cm³/mol. The van der Waals surface area contributed by atoms with E-state index in [0.717, 1.165) is 106 Å². The van der Waals surface area contributed by atoms with Gasteiger partial charge in [0.15, 0.2) is 0 Å². The van der Waals surface area contributed by atoms with Gasteiger partial charge in [0.1, 0.15) is 5.82 Å². The number of aromatic nitrogens is 5. The van der Waals surface area contributed by atoms with Crippen molar-refractivity contribution in [1.82, 2.24) is 24.5 Å². The molecule has 0 amide bonds. The molecule has 10 aromatic rings. The molecule has 5 heterocycles. The highest BCUT2D eigenvalue weighted by Crippen LogP contribution is 2.51. The lowest BCUT2D eigenvalue weighted by molar-refractivity contribution is 0.983. The van der Waals surface area contributed by atoms with Crippen LogP contribution in [0.15, 0.2) is 171 Å². The number of fused-ring (bicyclic) bond motifs is 7. The van der Waals surface area contributed by atoms with E-state index in [1.165, 1.54) is 0 Å². The van der Waals surface area contributed by atoms with Gasteiger partial charge in [-0.2, -0.15) is 0 Å². The van der Waals surface area contributed by atoms with E-state index < -0.39 is 0 Å². The third-order valence-electron chi connectivity index (χ3n) is 11.1. The van der Waals surface area contributed by atoms with Crippen molar-refractivity contribution >= 4 is 72.8 Å². The second kappa shape index (κ2) is 13.0. The van der Waals surface area contributed by atoms with Crippen LogP contribution in [0, 0.1) is 0 Å². The van der Waals surface area contributed by atoms with Crippen LogP contribution in [0.4, 0.5) is 17.2 Å². The van der Waals surface area contributed by atoms with Crippen LogP contribution < -0.4 is 4.90 Å². The smallest absolute Gasteiger partial charge is 0.235 e. The van der Waals surface area contributed by atoms with Gasteiger partial charge >= 0.3 is 0 Å². The molecule has 0 unspecified atom stereocenters. The summed E-state index contributed by atoms with van der Waals surface area (Å²) in [6.07, 6.45) is 7.82. The van der Waals surface area contributed by atoms with Gasteiger partial charge in [0.2, 0.25) is 5.95 Å². The quantitative estimate of drug-likeness (QED) is 0.159. The molecule has 0 saturated heterocycles. The third-order valence-corrected chi connectivity index (χ3v) is 11.1. The summed E-state index contributed by atoms with van der Waals surface area (Å²) in [6.45, 7) is 6.15. The lowest BCUT2D eigenvalue weighted by Crippen LogP contribution is -2.17. The number of para-hydroxylation sites is 3. The number of benzene rings is 6. The number of hydrogen-bond acceptors (Lipinski definition) is 5. The number of nitrogens with zero attached hydrogens (tertiary/aromatic N) is 6. The van der Waals surface area contributed by atoms with Crippen molar-refractivity contribution in [2.24, 2.45) is 0 Å². The van der Waals surface area contributed by atoms with Gasteiger partial charge < -0.3 is 0 Å². The number of pyridine rings is 2. The molecule has 0 N–H and O–H groups in total. The van der Waals surface area contributed by atoms with Gasteiger partial charge in [-0.3, -0.25) is 14.5 Å². The van der Waals surface area contributed by atoms with Crippen LogP contribution in [0.1, 0.15) is 18.2 Å². The van der Waals surface area contributed by atoms with E-state index in [2.05, 4.69) is 150 Å². The Labute approximate surface area is 329 Å². The van der Waals surface area contributed by atoms with E-state index in [1.807, 2.05) is 49.5 Å². The minimum Gasteiger partial charge on any atom is -0.294 e. The highest BCUT2D eigenvalue weighted by Gasteiger charge is 2.30. The lowest BCUT2D eigenvalue weighted by Gasteiger charge is -2.32. The van der Waals surface area contributed by atoms with Gasteiger partial charge in [0.25, 0.3) is 0 Å². The fourth-order valence-electron chi connectivity index (χ4n) is 8.54. The molecule has 1 aliphatic rings. The average Bonchev–Trinajstić information content (AvgIpc) is 3.60. The molecule has 268 valence electrons. The van der Waals surface area contributed by atoms with Crippen LogP contribution in [0.25, 0.3) is 95.2 Å². The normalized spacial score (nSPS) is 12.3. The maximum absolute atomic E-state index is 5.27. The first kappa shape index (κ1) is 32.7. The summed E-state index contributed by atoms with van der Waals surface area (Å²) in [4.78, 5) is 23.0. The first-order valence-electron chi connectivity index (χ1n) is 19.1. The van der Waals surface area contributed by atoms with Crippen LogP contribution in [0.3, 0.4) is 0 Å². The standard InChI is InChI=1S/C51H34N6/c1-3-15-42-36(4-2)48(32-16-7-5-8-17-32)55-51(54-42)57-44-23-14-12-21-38(44)40-30-33(24-26-45(40)57)34-25-27-46-41(31-34)49-47-39(28-29-52-49)37-20-11-13-22-43(37)53-50(47)56(46)35-18-9-6-10-19-35/h3-31H,2H2,1H3/b15-3-. The Hall–Kier alpha value is -7.70. The van der Waals surface area contributed by atoms with E-state index in [4.69, 9.17) is 19.9 Å². The molecule has 0 bridgehead atoms. The summed E-state index contributed by atoms with van der Waals surface area (Å²) in [6, 6.07) is 53.2. The highest BCUT2D eigenvalue weighted by molar-refractivity contribution is 6.19. The molecular weight excluding hydrogens is 697 g/mol. The van der Waals surface area contributed by atoms with Crippen LogP contribution in [-0.2, 0) is 0 Å². The molecule has 0 atom stereocenters. The fourth-order valence-corrected chi connectivity index (χ4v) is 8.54. The van der Waals surface area contributed by atoms with E-state index in [-0.39, 0.29) is 0 Å². The van der Waals surface area contributed by atoms with E-state index in [0.29, 0.717) is 5.95 Å². The molecule has 57 heavy (non-hydrogen) atoms. The Balaban J connectivity index is 1.12. The van der Waals surface area contributed by atoms with Gasteiger partial charge in [-0.1, -0.05) is 116 Å². The molecule has 4 aromatic heterocycles. The second-order valence-corrected chi connectivity index (χ2v) is 14.3. The van der Waals surface area contributed by atoms with Gasteiger partial charge in [0.05, 0.1) is 44.7 Å². The number of hydrogen-bond donors (Lipinski definition) is 0. The zero-order chi connectivity index (χ0) is 38.0. The van der Waals surface area contributed by atoms with Crippen molar-refractivity contribution in [2.75, 3.05) is 4.90 Å².